The summed E-state index contributed by atoms with van der Waals surface area (Å²) in [5, 5.41) is 2.29. The van der Waals surface area contributed by atoms with Crippen molar-refractivity contribution < 1.29 is 0 Å². The maximum Gasteiger partial charge on any atom is 0.0572 e. The summed E-state index contributed by atoms with van der Waals surface area (Å²) in [5.41, 5.74) is 6.25. The zero-order valence-corrected chi connectivity index (χ0v) is 14.3. The second-order valence-electron chi connectivity index (χ2n) is 6.53. The highest BCUT2D eigenvalue weighted by molar-refractivity contribution is 6.08. The lowest BCUT2D eigenvalue weighted by Gasteiger charge is -2.15. The molecule has 0 aliphatic carbocycles. The molecule has 3 aromatic heterocycles. The fraction of sp³-hybridized carbons (Fsp3) is 0.238. The van der Waals surface area contributed by atoms with E-state index >= 15 is 0 Å². The number of aryl methyl sites for hydroxylation is 1. The normalized spacial score (nSPS) is 12.8. The predicted octanol–water partition coefficient (Wildman–Crippen LogP) is 5.40. The molecule has 3 heterocycles. The lowest BCUT2D eigenvalue weighted by Crippen LogP contribution is -1.99. The van der Waals surface area contributed by atoms with Crippen LogP contribution in [0.25, 0.3) is 27.5 Å². The van der Waals surface area contributed by atoms with Crippen molar-refractivity contribution in [3.8, 4) is 5.69 Å². The smallest absolute Gasteiger partial charge is 0.0572 e. The van der Waals surface area contributed by atoms with E-state index in [0.29, 0.717) is 5.92 Å². The van der Waals surface area contributed by atoms with Gasteiger partial charge >= 0.3 is 0 Å². The minimum atomic E-state index is 0.556. The molecule has 0 saturated carbocycles. The minimum absolute atomic E-state index is 0.556. The quantitative estimate of drug-likeness (QED) is 0.507. The van der Waals surface area contributed by atoms with Crippen LogP contribution in [0.3, 0.4) is 0 Å². The van der Waals surface area contributed by atoms with E-state index in [4.69, 9.17) is 0 Å². The van der Waals surface area contributed by atoms with Gasteiger partial charge in [-0.05, 0) is 54.7 Å². The highest BCUT2D eigenvalue weighted by Gasteiger charge is 2.14. The maximum absolute atomic E-state index is 4.31. The van der Waals surface area contributed by atoms with Crippen LogP contribution in [0.15, 0.2) is 55.1 Å². The molecule has 0 saturated heterocycles. The molecule has 0 radical (unpaired) electrons. The number of pyridine rings is 2. The summed E-state index contributed by atoms with van der Waals surface area (Å²) in [7, 11) is 0. The summed E-state index contributed by atoms with van der Waals surface area (Å²) in [6.45, 7) is 6.70. The number of hydrogen-bond donors (Lipinski definition) is 0. The molecule has 1 aromatic carbocycles. The molecule has 0 aliphatic heterocycles. The molecule has 0 bridgehead atoms. The average molecular weight is 315 g/mol. The van der Waals surface area contributed by atoms with Gasteiger partial charge in [0.2, 0.25) is 0 Å². The molecule has 1 atom stereocenters. The van der Waals surface area contributed by atoms with E-state index in [9.17, 15) is 0 Å². The molecule has 3 heteroatoms. The molecule has 0 fully saturated rings. The van der Waals surface area contributed by atoms with Gasteiger partial charge in [0, 0.05) is 41.2 Å². The number of aromatic nitrogens is 3. The molecule has 4 aromatic rings. The molecule has 3 nitrogen and oxygen atoms in total. The zero-order valence-electron chi connectivity index (χ0n) is 14.3. The molecule has 0 N–H and O–H groups in total. The van der Waals surface area contributed by atoms with E-state index in [-0.39, 0.29) is 0 Å². The molecular formula is C21H21N3. The van der Waals surface area contributed by atoms with Crippen LogP contribution in [-0.4, -0.2) is 14.5 Å². The monoisotopic (exact) mass is 315 g/mol. The Hall–Kier alpha value is -2.68. The predicted molar refractivity (Wildman–Crippen MR) is 99.8 cm³/mol. The summed E-state index contributed by atoms with van der Waals surface area (Å²) < 4.78 is 2.33. The van der Waals surface area contributed by atoms with E-state index < -0.39 is 0 Å². The standard InChI is InChI=1S/C21H21N3/c1-4-15(3)16-9-14(2)10-17(11-16)24-20-5-7-22-12-18(20)19-13-23-8-6-21(19)24/h5-13,15H,4H2,1-3H3. The van der Waals surface area contributed by atoms with Crippen LogP contribution < -0.4 is 0 Å². The summed E-state index contributed by atoms with van der Waals surface area (Å²) in [4.78, 5) is 8.61. The van der Waals surface area contributed by atoms with Gasteiger partial charge in [0.25, 0.3) is 0 Å². The van der Waals surface area contributed by atoms with Crippen molar-refractivity contribution in [3.63, 3.8) is 0 Å². The minimum Gasteiger partial charge on any atom is -0.309 e. The molecule has 0 amide bonds. The first-order valence-electron chi connectivity index (χ1n) is 8.49. The Labute approximate surface area is 142 Å². The van der Waals surface area contributed by atoms with Crippen molar-refractivity contribution in [2.45, 2.75) is 33.1 Å². The number of rotatable bonds is 3. The second-order valence-corrected chi connectivity index (χ2v) is 6.53. The number of benzene rings is 1. The highest BCUT2D eigenvalue weighted by atomic mass is 15.0. The van der Waals surface area contributed by atoms with E-state index in [2.05, 4.69) is 65.6 Å². The van der Waals surface area contributed by atoms with Gasteiger partial charge < -0.3 is 4.57 Å². The molecule has 24 heavy (non-hydrogen) atoms. The zero-order chi connectivity index (χ0) is 16.7. The third-order valence-corrected chi connectivity index (χ3v) is 4.89. The Kier molecular flexibility index (Phi) is 3.57. The van der Waals surface area contributed by atoms with Crippen LogP contribution in [0.5, 0.6) is 0 Å². The number of nitrogens with zero attached hydrogens (tertiary/aromatic N) is 3. The molecule has 120 valence electrons. The van der Waals surface area contributed by atoms with Crippen LogP contribution in [0.1, 0.15) is 37.3 Å². The Morgan fingerprint density at radius 1 is 0.958 bits per heavy atom. The van der Waals surface area contributed by atoms with Crippen molar-refractivity contribution in [2.24, 2.45) is 0 Å². The van der Waals surface area contributed by atoms with Crippen LogP contribution in [0.2, 0.25) is 0 Å². The van der Waals surface area contributed by atoms with Crippen molar-refractivity contribution in [3.05, 3.63) is 66.2 Å². The van der Waals surface area contributed by atoms with Gasteiger partial charge in [-0.25, -0.2) is 0 Å². The van der Waals surface area contributed by atoms with Crippen molar-refractivity contribution in [2.75, 3.05) is 0 Å². The summed E-state index contributed by atoms with van der Waals surface area (Å²) >= 11 is 0. The Morgan fingerprint density at radius 2 is 1.58 bits per heavy atom. The Morgan fingerprint density at radius 3 is 2.17 bits per heavy atom. The third-order valence-electron chi connectivity index (χ3n) is 4.89. The SMILES string of the molecule is CCC(C)c1cc(C)cc(-n2c3ccncc3c3cnccc32)c1. The van der Waals surface area contributed by atoms with Gasteiger partial charge in [-0.2, -0.15) is 0 Å². The topological polar surface area (TPSA) is 30.7 Å². The average Bonchev–Trinajstić information content (AvgIpc) is 2.95. The first kappa shape index (κ1) is 14.9. The summed E-state index contributed by atoms with van der Waals surface area (Å²) in [5.74, 6) is 0.556. The first-order valence-corrected chi connectivity index (χ1v) is 8.49. The fourth-order valence-corrected chi connectivity index (χ4v) is 3.43. The fourth-order valence-electron chi connectivity index (χ4n) is 3.43. The van der Waals surface area contributed by atoms with Crippen LogP contribution in [0.4, 0.5) is 0 Å². The maximum atomic E-state index is 4.31. The van der Waals surface area contributed by atoms with Crippen LogP contribution >= 0.6 is 0 Å². The van der Waals surface area contributed by atoms with E-state index in [1.54, 1.807) is 0 Å². The molecule has 1 unspecified atom stereocenters. The van der Waals surface area contributed by atoms with E-state index in [1.807, 2.05) is 24.8 Å². The van der Waals surface area contributed by atoms with Gasteiger partial charge in [-0.3, -0.25) is 9.97 Å². The van der Waals surface area contributed by atoms with Crippen LogP contribution in [0, 0.1) is 6.92 Å². The molecule has 4 rings (SSSR count). The largest absolute Gasteiger partial charge is 0.309 e. The Balaban J connectivity index is 2.07. The third kappa shape index (κ3) is 2.28. The lowest BCUT2D eigenvalue weighted by molar-refractivity contribution is 0.732. The lowest BCUT2D eigenvalue weighted by atomic mass is 9.96. The van der Waals surface area contributed by atoms with Crippen molar-refractivity contribution in [1.82, 2.24) is 14.5 Å². The summed E-state index contributed by atoms with van der Waals surface area (Å²) in [6.07, 6.45) is 8.72. The van der Waals surface area contributed by atoms with E-state index in [1.165, 1.54) is 27.8 Å². The van der Waals surface area contributed by atoms with Gasteiger partial charge in [0.1, 0.15) is 0 Å². The summed E-state index contributed by atoms with van der Waals surface area (Å²) in [6, 6.07) is 11.0. The van der Waals surface area contributed by atoms with Gasteiger partial charge in [-0.1, -0.05) is 19.9 Å². The number of hydrogen-bond acceptors (Lipinski definition) is 2. The highest BCUT2D eigenvalue weighted by Crippen LogP contribution is 2.32. The van der Waals surface area contributed by atoms with Crippen LogP contribution in [-0.2, 0) is 0 Å². The van der Waals surface area contributed by atoms with Crippen molar-refractivity contribution in [1.29, 1.82) is 0 Å². The molecule has 0 aliphatic rings. The number of fused-ring (bicyclic) bond motifs is 3. The molecule has 0 spiro atoms. The second kappa shape index (κ2) is 5.75. The first-order chi connectivity index (χ1) is 11.7. The molecular weight excluding hydrogens is 294 g/mol. The van der Waals surface area contributed by atoms with Gasteiger partial charge in [0.05, 0.1) is 11.0 Å². The van der Waals surface area contributed by atoms with E-state index in [0.717, 1.165) is 17.2 Å². The van der Waals surface area contributed by atoms with Gasteiger partial charge in [-0.15, -0.1) is 0 Å². The Bertz CT molecular complexity index is 977. The van der Waals surface area contributed by atoms with Gasteiger partial charge in [0.15, 0.2) is 0 Å². The van der Waals surface area contributed by atoms with Crippen molar-refractivity contribution >= 4 is 21.8 Å².